The van der Waals surface area contributed by atoms with Gasteiger partial charge in [-0.2, -0.15) is 18.3 Å². The van der Waals surface area contributed by atoms with E-state index in [4.69, 9.17) is 11.6 Å². The van der Waals surface area contributed by atoms with Gasteiger partial charge in [-0.25, -0.2) is 0 Å². The first-order valence-corrected chi connectivity index (χ1v) is 3.70. The number of aromatic nitrogens is 2. The second-order valence-electron chi connectivity index (χ2n) is 2.21. The van der Waals surface area contributed by atoms with E-state index in [1.165, 1.54) is 0 Å². The number of carbonyl (C=O) groups excluding carboxylic acids is 1. The first kappa shape index (κ1) is 10.0. The van der Waals surface area contributed by atoms with Gasteiger partial charge in [0.05, 0.1) is 17.6 Å². The second kappa shape index (κ2) is 3.37. The predicted octanol–water partition coefficient (Wildman–Crippen LogP) is 1.85. The molecule has 1 rings (SSSR count). The minimum Gasteiger partial charge on any atom is -0.293 e. The quantitative estimate of drug-likeness (QED) is 0.601. The molecule has 0 radical (unpaired) electrons. The van der Waals surface area contributed by atoms with E-state index in [1.807, 2.05) is 0 Å². The zero-order chi connectivity index (χ0) is 10.1. The topological polar surface area (TPSA) is 45.8 Å². The van der Waals surface area contributed by atoms with Crippen molar-refractivity contribution < 1.29 is 18.0 Å². The summed E-state index contributed by atoms with van der Waals surface area (Å²) < 4.78 is 36.3. The van der Waals surface area contributed by atoms with E-state index in [9.17, 15) is 18.0 Å². The number of nitrogens with zero attached hydrogens (tertiary/aromatic N) is 1. The fourth-order valence-electron chi connectivity index (χ4n) is 0.786. The van der Waals surface area contributed by atoms with Gasteiger partial charge in [0.2, 0.25) is 0 Å². The Morgan fingerprint density at radius 1 is 1.62 bits per heavy atom. The van der Waals surface area contributed by atoms with Crippen molar-refractivity contribution in [2.24, 2.45) is 0 Å². The normalized spacial score (nSPS) is 11.7. The van der Waals surface area contributed by atoms with Gasteiger partial charge in [0.15, 0.2) is 5.78 Å². The minimum atomic E-state index is -4.60. The highest BCUT2D eigenvalue weighted by atomic mass is 35.5. The van der Waals surface area contributed by atoms with Crippen molar-refractivity contribution in [3.8, 4) is 0 Å². The Bertz CT molecular complexity index is 320. The number of alkyl halides is 4. The summed E-state index contributed by atoms with van der Waals surface area (Å²) in [6, 6.07) is 0. The molecule has 0 aromatic carbocycles. The number of ketones is 1. The number of rotatable bonds is 2. The van der Waals surface area contributed by atoms with Crippen LogP contribution in [-0.4, -0.2) is 21.9 Å². The molecule has 0 aliphatic carbocycles. The van der Waals surface area contributed by atoms with Gasteiger partial charge in [-0.3, -0.25) is 9.89 Å². The lowest BCUT2D eigenvalue weighted by atomic mass is 10.2. The molecular formula is C6H4ClF3N2O. The van der Waals surface area contributed by atoms with Crippen molar-refractivity contribution in [2.75, 3.05) is 5.88 Å². The third kappa shape index (κ3) is 2.00. The van der Waals surface area contributed by atoms with Crippen LogP contribution in [-0.2, 0) is 6.18 Å². The van der Waals surface area contributed by atoms with Gasteiger partial charge in [-0.15, -0.1) is 11.6 Å². The third-order valence-corrected chi connectivity index (χ3v) is 1.59. The number of hydrogen-bond donors (Lipinski definition) is 1. The molecule has 0 bridgehead atoms. The molecule has 0 atom stereocenters. The van der Waals surface area contributed by atoms with Crippen LogP contribution in [0.2, 0.25) is 0 Å². The summed E-state index contributed by atoms with van der Waals surface area (Å²) in [7, 11) is 0. The zero-order valence-corrected chi connectivity index (χ0v) is 6.91. The van der Waals surface area contributed by atoms with Crippen molar-refractivity contribution >= 4 is 17.4 Å². The Hall–Kier alpha value is -1.04. The summed E-state index contributed by atoms with van der Waals surface area (Å²) in [4.78, 5) is 10.9. The van der Waals surface area contributed by atoms with Gasteiger partial charge in [-0.1, -0.05) is 0 Å². The Kier molecular flexibility index (Phi) is 2.60. The summed E-state index contributed by atoms with van der Waals surface area (Å²) in [5, 5.41) is 4.84. The smallest absolute Gasteiger partial charge is 0.293 e. The van der Waals surface area contributed by atoms with Crippen LogP contribution in [0, 0.1) is 0 Å². The maximum absolute atomic E-state index is 12.1. The van der Waals surface area contributed by atoms with Gasteiger partial charge in [-0.05, 0) is 0 Å². The van der Waals surface area contributed by atoms with E-state index in [1.54, 1.807) is 5.10 Å². The van der Waals surface area contributed by atoms with Crippen LogP contribution < -0.4 is 0 Å². The number of nitrogens with one attached hydrogen (secondary N) is 1. The lowest BCUT2D eigenvalue weighted by Crippen LogP contribution is -2.12. The molecule has 1 N–H and O–H groups in total. The van der Waals surface area contributed by atoms with Crippen molar-refractivity contribution in [1.29, 1.82) is 0 Å². The molecule has 0 fully saturated rings. The van der Waals surface area contributed by atoms with Crippen molar-refractivity contribution in [3.63, 3.8) is 0 Å². The van der Waals surface area contributed by atoms with Crippen molar-refractivity contribution in [2.45, 2.75) is 6.18 Å². The average Bonchev–Trinajstić information content (AvgIpc) is 2.49. The molecule has 1 aromatic rings. The minimum absolute atomic E-state index is 0.497. The molecule has 1 heterocycles. The lowest BCUT2D eigenvalue weighted by molar-refractivity contribution is -0.141. The SMILES string of the molecule is O=C(CCl)c1cn[nH]c1C(F)(F)F. The fourth-order valence-corrected chi connectivity index (χ4v) is 0.930. The van der Waals surface area contributed by atoms with E-state index in [0.29, 0.717) is 0 Å². The lowest BCUT2D eigenvalue weighted by Gasteiger charge is -2.04. The van der Waals surface area contributed by atoms with E-state index >= 15 is 0 Å². The van der Waals surface area contributed by atoms with Crippen molar-refractivity contribution in [1.82, 2.24) is 10.2 Å². The molecule has 72 valence electrons. The summed E-state index contributed by atoms with van der Waals surface area (Å²) in [6.45, 7) is 0. The molecule has 1 aromatic heterocycles. The van der Waals surface area contributed by atoms with Crippen LogP contribution >= 0.6 is 11.6 Å². The summed E-state index contributed by atoms with van der Waals surface area (Å²) >= 11 is 5.11. The molecule has 3 nitrogen and oxygen atoms in total. The molecule has 0 spiro atoms. The average molecular weight is 213 g/mol. The molecule has 0 saturated carbocycles. The molecule has 0 aliphatic rings. The van der Waals surface area contributed by atoms with Gasteiger partial charge < -0.3 is 0 Å². The van der Waals surface area contributed by atoms with Crippen LogP contribution in [0.4, 0.5) is 13.2 Å². The summed E-state index contributed by atoms with van der Waals surface area (Å²) in [5.41, 5.74) is -1.68. The maximum atomic E-state index is 12.1. The van der Waals surface area contributed by atoms with Gasteiger partial charge in [0.25, 0.3) is 0 Å². The Labute approximate surface area is 75.9 Å². The molecule has 7 heteroatoms. The first-order valence-electron chi connectivity index (χ1n) is 3.16. The number of hydrogen-bond acceptors (Lipinski definition) is 2. The number of halogens is 4. The Balaban J connectivity index is 3.10. The molecule has 0 aliphatic heterocycles. The van der Waals surface area contributed by atoms with Crippen molar-refractivity contribution in [3.05, 3.63) is 17.5 Å². The standard InChI is InChI=1S/C6H4ClF3N2O/c7-1-4(13)3-2-11-12-5(3)6(8,9)10/h2H,1H2,(H,11,12). The van der Waals surface area contributed by atoms with Crippen LogP contribution in [0.1, 0.15) is 16.1 Å². The predicted molar refractivity (Wildman–Crippen MR) is 38.6 cm³/mol. The second-order valence-corrected chi connectivity index (χ2v) is 2.48. The van der Waals surface area contributed by atoms with Crippen LogP contribution in [0.3, 0.4) is 0 Å². The fraction of sp³-hybridized carbons (Fsp3) is 0.333. The first-order chi connectivity index (χ1) is 5.96. The molecule has 0 saturated heterocycles. The highest BCUT2D eigenvalue weighted by Gasteiger charge is 2.37. The monoisotopic (exact) mass is 212 g/mol. The third-order valence-electron chi connectivity index (χ3n) is 1.34. The van der Waals surface area contributed by atoms with Crippen LogP contribution in [0.5, 0.6) is 0 Å². The number of Topliss-reactive ketones (excluding diaryl/α,β-unsaturated/α-hetero) is 1. The highest BCUT2D eigenvalue weighted by molar-refractivity contribution is 6.30. The molecule has 13 heavy (non-hydrogen) atoms. The van der Waals surface area contributed by atoms with E-state index in [2.05, 4.69) is 5.10 Å². The number of H-pyrrole nitrogens is 1. The molecular weight excluding hydrogens is 209 g/mol. The zero-order valence-electron chi connectivity index (χ0n) is 6.15. The van der Waals surface area contributed by atoms with E-state index in [-0.39, 0.29) is 0 Å². The number of carbonyl (C=O) groups is 1. The maximum Gasteiger partial charge on any atom is 0.433 e. The van der Waals surface area contributed by atoms with E-state index < -0.39 is 29.1 Å². The Morgan fingerprint density at radius 3 is 2.69 bits per heavy atom. The summed E-state index contributed by atoms with van der Waals surface area (Å²) in [5.74, 6) is -1.30. The molecule has 0 unspecified atom stereocenters. The largest absolute Gasteiger partial charge is 0.433 e. The van der Waals surface area contributed by atoms with Gasteiger partial charge >= 0.3 is 6.18 Å². The number of aromatic amines is 1. The van der Waals surface area contributed by atoms with E-state index in [0.717, 1.165) is 6.20 Å². The van der Waals surface area contributed by atoms with Gasteiger partial charge in [0, 0.05) is 0 Å². The highest BCUT2D eigenvalue weighted by Crippen LogP contribution is 2.30. The summed E-state index contributed by atoms with van der Waals surface area (Å²) in [6.07, 6.45) is -3.79. The molecule has 0 amide bonds. The van der Waals surface area contributed by atoms with Crippen LogP contribution in [0.25, 0.3) is 0 Å². The van der Waals surface area contributed by atoms with Crippen LogP contribution in [0.15, 0.2) is 6.20 Å². The Morgan fingerprint density at radius 2 is 2.23 bits per heavy atom. The van der Waals surface area contributed by atoms with Gasteiger partial charge in [0.1, 0.15) is 5.69 Å².